The van der Waals surface area contributed by atoms with Gasteiger partial charge in [-0.3, -0.25) is 4.79 Å². The minimum Gasteiger partial charge on any atom is -0.481 e. The molecule has 0 spiro atoms. The highest BCUT2D eigenvalue weighted by Gasteiger charge is 2.27. The fourth-order valence-electron chi connectivity index (χ4n) is 1.05. The lowest BCUT2D eigenvalue weighted by atomic mass is 9.94. The van der Waals surface area contributed by atoms with Gasteiger partial charge in [0.25, 0.3) is 0 Å². The summed E-state index contributed by atoms with van der Waals surface area (Å²) in [6, 6.07) is 3.50. The van der Waals surface area contributed by atoms with Crippen LogP contribution in [0.5, 0.6) is 0 Å². The Bertz CT molecular complexity index is 449. The zero-order valence-electron chi connectivity index (χ0n) is 9.35. The normalized spacial score (nSPS) is 11.4. The largest absolute Gasteiger partial charge is 0.481 e. The number of aliphatic carboxylic acids is 1. The van der Waals surface area contributed by atoms with Crippen LogP contribution in [0.2, 0.25) is 10.0 Å². The minimum absolute atomic E-state index is 0.264. The van der Waals surface area contributed by atoms with Gasteiger partial charge in [0.1, 0.15) is 0 Å². The first-order valence-electron chi connectivity index (χ1n) is 4.86. The SMILES string of the molecule is CC(C)(CNc1ccc(Br)c(Cl)c1Cl)C(=O)O. The summed E-state index contributed by atoms with van der Waals surface area (Å²) in [7, 11) is 0. The molecule has 0 radical (unpaired) electrons. The van der Waals surface area contributed by atoms with Gasteiger partial charge in [0.2, 0.25) is 0 Å². The molecule has 0 aromatic heterocycles. The molecule has 0 bridgehead atoms. The standard InChI is InChI=1S/C11H12BrCl2NO2/c1-11(2,10(16)17)5-15-7-4-3-6(12)8(13)9(7)14/h3-4,15H,5H2,1-2H3,(H,16,17). The second kappa shape index (κ2) is 5.46. The fourth-order valence-corrected chi connectivity index (χ4v) is 1.90. The third-order valence-electron chi connectivity index (χ3n) is 2.33. The number of hydrogen-bond acceptors (Lipinski definition) is 2. The smallest absolute Gasteiger partial charge is 0.310 e. The molecule has 1 aromatic rings. The quantitative estimate of drug-likeness (QED) is 0.804. The van der Waals surface area contributed by atoms with Crippen LogP contribution in [0.3, 0.4) is 0 Å². The molecule has 0 unspecified atom stereocenters. The molecule has 0 saturated carbocycles. The third kappa shape index (κ3) is 3.50. The third-order valence-corrected chi connectivity index (χ3v) is 4.11. The predicted octanol–water partition coefficient (Wildman–Crippen LogP) is 4.28. The van der Waals surface area contributed by atoms with E-state index in [1.807, 2.05) is 0 Å². The van der Waals surface area contributed by atoms with Gasteiger partial charge in [0, 0.05) is 11.0 Å². The highest BCUT2D eigenvalue weighted by molar-refractivity contribution is 9.10. The number of carboxylic acids is 1. The second-order valence-corrected chi connectivity index (χ2v) is 5.88. The zero-order chi connectivity index (χ0) is 13.2. The number of halogens is 3. The van der Waals surface area contributed by atoms with Crippen LogP contribution in [0, 0.1) is 5.41 Å². The number of carboxylic acid groups (broad SMARTS) is 1. The van der Waals surface area contributed by atoms with E-state index >= 15 is 0 Å². The Balaban J connectivity index is 2.84. The molecule has 94 valence electrons. The Morgan fingerprint density at radius 2 is 2.00 bits per heavy atom. The summed E-state index contributed by atoms with van der Waals surface area (Å²) in [5, 5.41) is 12.7. The van der Waals surface area contributed by atoms with Crippen LogP contribution in [-0.4, -0.2) is 17.6 Å². The Kier molecular flexibility index (Phi) is 4.69. The summed E-state index contributed by atoms with van der Waals surface area (Å²) < 4.78 is 0.701. The van der Waals surface area contributed by atoms with Gasteiger partial charge in [0.05, 0.1) is 21.1 Å². The molecule has 0 atom stereocenters. The minimum atomic E-state index is -0.872. The number of hydrogen-bond donors (Lipinski definition) is 2. The maximum Gasteiger partial charge on any atom is 0.310 e. The molecule has 2 N–H and O–H groups in total. The van der Waals surface area contributed by atoms with E-state index in [1.54, 1.807) is 26.0 Å². The second-order valence-electron chi connectivity index (χ2n) is 4.27. The molecule has 0 amide bonds. The van der Waals surface area contributed by atoms with Gasteiger partial charge >= 0.3 is 5.97 Å². The van der Waals surface area contributed by atoms with E-state index in [9.17, 15) is 4.79 Å². The van der Waals surface area contributed by atoms with Gasteiger partial charge in [-0.15, -0.1) is 0 Å². The lowest BCUT2D eigenvalue weighted by Crippen LogP contribution is -2.31. The van der Waals surface area contributed by atoms with E-state index in [4.69, 9.17) is 28.3 Å². The summed E-state index contributed by atoms with van der Waals surface area (Å²) >= 11 is 15.3. The Morgan fingerprint density at radius 1 is 1.41 bits per heavy atom. The highest BCUT2D eigenvalue weighted by atomic mass is 79.9. The van der Waals surface area contributed by atoms with Gasteiger partial charge in [-0.25, -0.2) is 0 Å². The van der Waals surface area contributed by atoms with Gasteiger partial charge < -0.3 is 10.4 Å². The summed E-state index contributed by atoms with van der Waals surface area (Å²) in [4.78, 5) is 10.9. The van der Waals surface area contributed by atoms with Crippen LogP contribution >= 0.6 is 39.1 Å². The predicted molar refractivity (Wildman–Crippen MR) is 74.1 cm³/mol. The van der Waals surface area contributed by atoms with E-state index in [0.29, 0.717) is 20.2 Å². The van der Waals surface area contributed by atoms with Crippen LogP contribution in [0.25, 0.3) is 0 Å². The summed E-state index contributed by atoms with van der Waals surface area (Å²) in [5.74, 6) is -0.871. The number of carbonyl (C=O) groups is 1. The van der Waals surface area contributed by atoms with Crippen molar-refractivity contribution in [1.82, 2.24) is 0 Å². The Morgan fingerprint density at radius 3 is 2.53 bits per heavy atom. The Hall–Kier alpha value is -0.450. The van der Waals surface area contributed by atoms with Gasteiger partial charge in [-0.1, -0.05) is 23.2 Å². The van der Waals surface area contributed by atoms with Gasteiger partial charge in [0.15, 0.2) is 0 Å². The van der Waals surface area contributed by atoms with E-state index in [1.165, 1.54) is 0 Å². The van der Waals surface area contributed by atoms with E-state index in [0.717, 1.165) is 0 Å². The molecular weight excluding hydrogens is 329 g/mol. The van der Waals surface area contributed by atoms with Crippen LogP contribution in [0.1, 0.15) is 13.8 Å². The molecule has 0 heterocycles. The molecule has 3 nitrogen and oxygen atoms in total. The van der Waals surface area contributed by atoms with Crippen LogP contribution < -0.4 is 5.32 Å². The fraction of sp³-hybridized carbons (Fsp3) is 0.364. The first-order valence-corrected chi connectivity index (χ1v) is 6.41. The van der Waals surface area contributed by atoms with Crippen molar-refractivity contribution in [2.45, 2.75) is 13.8 Å². The molecule has 0 saturated heterocycles. The number of anilines is 1. The number of rotatable bonds is 4. The molecule has 17 heavy (non-hydrogen) atoms. The summed E-state index contributed by atoms with van der Waals surface area (Å²) in [5.41, 5.74) is -0.253. The summed E-state index contributed by atoms with van der Waals surface area (Å²) in [6.07, 6.45) is 0. The average Bonchev–Trinajstić information content (AvgIpc) is 2.25. The van der Waals surface area contributed by atoms with Crippen LogP contribution in [0.4, 0.5) is 5.69 Å². The van der Waals surface area contributed by atoms with Gasteiger partial charge in [-0.2, -0.15) is 0 Å². The molecule has 1 rings (SSSR count). The molecule has 1 aromatic carbocycles. The lowest BCUT2D eigenvalue weighted by molar-refractivity contribution is -0.146. The van der Waals surface area contributed by atoms with Crippen molar-refractivity contribution in [2.75, 3.05) is 11.9 Å². The highest BCUT2D eigenvalue weighted by Crippen LogP contribution is 2.36. The van der Waals surface area contributed by atoms with Crippen LogP contribution in [0.15, 0.2) is 16.6 Å². The molecule has 0 fully saturated rings. The number of benzene rings is 1. The van der Waals surface area contributed by atoms with Crippen molar-refractivity contribution in [2.24, 2.45) is 5.41 Å². The summed E-state index contributed by atoms with van der Waals surface area (Å²) in [6.45, 7) is 3.54. The van der Waals surface area contributed by atoms with Crippen molar-refractivity contribution in [3.63, 3.8) is 0 Å². The Labute approximate surface area is 118 Å². The topological polar surface area (TPSA) is 49.3 Å². The lowest BCUT2D eigenvalue weighted by Gasteiger charge is -2.21. The molecule has 0 aliphatic carbocycles. The van der Waals surface area contributed by atoms with Crippen molar-refractivity contribution < 1.29 is 9.90 Å². The monoisotopic (exact) mass is 339 g/mol. The maximum absolute atomic E-state index is 10.9. The van der Waals surface area contributed by atoms with Crippen molar-refractivity contribution in [1.29, 1.82) is 0 Å². The van der Waals surface area contributed by atoms with Gasteiger partial charge in [-0.05, 0) is 41.9 Å². The van der Waals surface area contributed by atoms with E-state index in [2.05, 4.69) is 21.2 Å². The van der Waals surface area contributed by atoms with Crippen molar-refractivity contribution in [3.05, 3.63) is 26.7 Å². The van der Waals surface area contributed by atoms with Crippen molar-refractivity contribution >= 4 is 50.8 Å². The first kappa shape index (κ1) is 14.6. The number of nitrogens with one attached hydrogen (secondary N) is 1. The van der Waals surface area contributed by atoms with E-state index < -0.39 is 11.4 Å². The maximum atomic E-state index is 10.9. The first-order chi connectivity index (χ1) is 7.75. The molecule has 6 heteroatoms. The van der Waals surface area contributed by atoms with Crippen molar-refractivity contribution in [3.8, 4) is 0 Å². The van der Waals surface area contributed by atoms with Crippen LogP contribution in [-0.2, 0) is 4.79 Å². The zero-order valence-corrected chi connectivity index (χ0v) is 12.4. The average molecular weight is 341 g/mol. The van der Waals surface area contributed by atoms with E-state index in [-0.39, 0.29) is 6.54 Å². The molecular formula is C11H12BrCl2NO2. The molecule has 0 aliphatic rings. The molecule has 0 aliphatic heterocycles.